The van der Waals surface area contributed by atoms with Gasteiger partial charge in [-0.1, -0.05) is 30.3 Å². The third-order valence-corrected chi connectivity index (χ3v) is 7.51. The highest BCUT2D eigenvalue weighted by atomic mass is 32.2. The van der Waals surface area contributed by atoms with Gasteiger partial charge >= 0.3 is 11.7 Å². The average Bonchev–Trinajstić information content (AvgIpc) is 2.95. The predicted octanol–water partition coefficient (Wildman–Crippen LogP) is 4.27. The van der Waals surface area contributed by atoms with Crippen LogP contribution >= 0.6 is 0 Å². The number of amides is 1. The van der Waals surface area contributed by atoms with Crippen LogP contribution in [0.15, 0.2) is 89.8 Å². The van der Waals surface area contributed by atoms with E-state index in [1.165, 1.54) is 31.3 Å². The average molecular weight is 568 g/mol. The number of nitro benzene ring substituents is 1. The van der Waals surface area contributed by atoms with Crippen molar-refractivity contribution < 1.29 is 36.8 Å². The second kappa shape index (κ2) is 11.8. The molecule has 0 fully saturated rings. The maximum Gasteiger partial charge on any atom is 0.344 e. The minimum atomic E-state index is -3.84. The Morgan fingerprint density at radius 3 is 2.35 bits per heavy atom. The lowest BCUT2D eigenvalue weighted by molar-refractivity contribution is -0.387. The molecule has 0 aliphatic carbocycles. The summed E-state index contributed by atoms with van der Waals surface area (Å²) in [5.41, 5.74) is -0.495. The summed E-state index contributed by atoms with van der Waals surface area (Å²) < 4.78 is 50.9. The molecular formula is C27H22FN3O8S. The molecule has 4 aromatic rings. The van der Waals surface area contributed by atoms with Gasteiger partial charge in [0.1, 0.15) is 5.75 Å². The molecule has 1 N–H and O–H groups in total. The first-order chi connectivity index (χ1) is 19.0. The van der Waals surface area contributed by atoms with Gasteiger partial charge in [0.05, 0.1) is 15.5 Å². The number of carbonyl (C=O) groups excluding carboxylic acids is 2. The molecule has 0 aliphatic heterocycles. The van der Waals surface area contributed by atoms with Crippen molar-refractivity contribution in [3.05, 3.63) is 101 Å². The van der Waals surface area contributed by atoms with Crippen LogP contribution in [0.3, 0.4) is 0 Å². The van der Waals surface area contributed by atoms with Crippen LogP contribution in [0, 0.1) is 15.9 Å². The first-order valence-corrected chi connectivity index (χ1v) is 13.1. The van der Waals surface area contributed by atoms with Gasteiger partial charge < -0.3 is 14.8 Å². The number of benzene rings is 4. The third kappa shape index (κ3) is 6.50. The van der Waals surface area contributed by atoms with Crippen molar-refractivity contribution in [1.29, 1.82) is 0 Å². The zero-order chi connectivity index (χ0) is 28.9. The summed E-state index contributed by atoms with van der Waals surface area (Å²) in [5, 5.41) is 14.8. The first-order valence-electron chi connectivity index (χ1n) is 11.6. The van der Waals surface area contributed by atoms with Gasteiger partial charge in [0.2, 0.25) is 5.82 Å². The highest BCUT2D eigenvalue weighted by molar-refractivity contribution is 7.92. The SMILES string of the molecule is CN(c1ccc(OCC(=O)OCC(=O)Nc2ccc(F)c([N+](=O)[O-])c2)cc1)S(=O)(=O)c1ccc2ccccc2c1. The lowest BCUT2D eigenvalue weighted by Crippen LogP contribution is -2.26. The molecule has 0 heterocycles. The Kier molecular flexibility index (Phi) is 8.24. The maximum atomic E-state index is 13.4. The van der Waals surface area contributed by atoms with Gasteiger partial charge in [-0.3, -0.25) is 19.2 Å². The number of nitrogens with zero attached hydrogens (tertiary/aromatic N) is 2. The number of hydrogen-bond donors (Lipinski definition) is 1. The molecule has 0 spiro atoms. The molecular weight excluding hydrogens is 545 g/mol. The quantitative estimate of drug-likeness (QED) is 0.170. The molecule has 206 valence electrons. The van der Waals surface area contributed by atoms with Crippen molar-refractivity contribution in [1.82, 2.24) is 0 Å². The van der Waals surface area contributed by atoms with Crippen LogP contribution < -0.4 is 14.4 Å². The number of anilines is 2. The Bertz CT molecular complexity index is 1690. The van der Waals surface area contributed by atoms with Crippen LogP contribution in [0.5, 0.6) is 5.75 Å². The highest BCUT2D eigenvalue weighted by Crippen LogP contribution is 2.27. The van der Waals surface area contributed by atoms with E-state index in [4.69, 9.17) is 9.47 Å². The molecule has 0 unspecified atom stereocenters. The van der Waals surface area contributed by atoms with Crippen LogP contribution in [0.1, 0.15) is 0 Å². The van der Waals surface area contributed by atoms with Crippen LogP contribution in [0.25, 0.3) is 10.8 Å². The molecule has 0 bridgehead atoms. The number of nitrogens with one attached hydrogen (secondary N) is 1. The van der Waals surface area contributed by atoms with E-state index >= 15 is 0 Å². The van der Waals surface area contributed by atoms with Crippen molar-refractivity contribution in [3.63, 3.8) is 0 Å². The Hall–Kier alpha value is -5.04. The molecule has 0 saturated carbocycles. The minimum absolute atomic E-state index is 0.0434. The monoisotopic (exact) mass is 567 g/mol. The summed E-state index contributed by atoms with van der Waals surface area (Å²) in [6, 6.07) is 21.1. The van der Waals surface area contributed by atoms with Crippen molar-refractivity contribution in [3.8, 4) is 5.75 Å². The molecule has 40 heavy (non-hydrogen) atoms. The number of hydrogen-bond acceptors (Lipinski definition) is 8. The lowest BCUT2D eigenvalue weighted by Gasteiger charge is -2.20. The summed E-state index contributed by atoms with van der Waals surface area (Å²) in [6.45, 7) is -1.25. The Morgan fingerprint density at radius 1 is 0.950 bits per heavy atom. The van der Waals surface area contributed by atoms with E-state index in [1.807, 2.05) is 24.3 Å². The standard InChI is InChI=1S/C27H22FN3O8S/c1-30(40(36,37)23-12-6-18-4-2-3-5-19(18)14-23)21-8-10-22(11-9-21)38-17-27(33)39-16-26(32)29-20-7-13-24(28)25(15-20)31(34)35/h2-15H,16-17H2,1H3,(H,29,32). The predicted molar refractivity (Wildman–Crippen MR) is 144 cm³/mol. The van der Waals surface area contributed by atoms with E-state index in [2.05, 4.69) is 5.32 Å². The van der Waals surface area contributed by atoms with Gasteiger partial charge in [-0.05, 0) is 59.3 Å². The van der Waals surface area contributed by atoms with E-state index in [1.54, 1.807) is 18.2 Å². The molecule has 0 saturated heterocycles. The summed E-state index contributed by atoms with van der Waals surface area (Å²) in [5.74, 6) is -2.48. The molecule has 4 aromatic carbocycles. The van der Waals surface area contributed by atoms with Gasteiger partial charge in [0.15, 0.2) is 13.2 Å². The number of sulfonamides is 1. The number of esters is 1. The second-order valence-corrected chi connectivity index (χ2v) is 10.4. The van der Waals surface area contributed by atoms with E-state index < -0.39 is 51.5 Å². The normalized spacial score (nSPS) is 11.1. The van der Waals surface area contributed by atoms with Crippen molar-refractivity contribution in [2.24, 2.45) is 0 Å². The fourth-order valence-corrected chi connectivity index (χ4v) is 4.87. The van der Waals surface area contributed by atoms with Crippen LogP contribution in [0.2, 0.25) is 0 Å². The Morgan fingerprint density at radius 2 is 1.65 bits per heavy atom. The summed E-state index contributed by atoms with van der Waals surface area (Å²) in [4.78, 5) is 33.9. The van der Waals surface area contributed by atoms with Gasteiger partial charge in [-0.2, -0.15) is 4.39 Å². The summed E-state index contributed by atoms with van der Waals surface area (Å²) in [6.07, 6.45) is 0. The number of halogens is 1. The third-order valence-electron chi connectivity index (χ3n) is 5.73. The molecule has 11 nitrogen and oxygen atoms in total. The van der Waals surface area contributed by atoms with E-state index in [9.17, 15) is 32.5 Å². The second-order valence-electron chi connectivity index (χ2n) is 8.40. The number of nitro groups is 1. The molecule has 13 heteroatoms. The number of rotatable bonds is 10. The number of ether oxygens (including phenoxy) is 2. The van der Waals surface area contributed by atoms with E-state index in [0.717, 1.165) is 33.3 Å². The van der Waals surface area contributed by atoms with Gasteiger partial charge in [-0.25, -0.2) is 13.2 Å². The van der Waals surface area contributed by atoms with Crippen molar-refractivity contribution in [2.45, 2.75) is 4.90 Å². The number of carbonyl (C=O) groups is 2. The molecule has 0 aliphatic rings. The molecule has 0 aromatic heterocycles. The first kappa shape index (κ1) is 28.0. The summed E-state index contributed by atoms with van der Waals surface area (Å²) >= 11 is 0. The zero-order valence-corrected chi connectivity index (χ0v) is 21.8. The largest absolute Gasteiger partial charge is 0.482 e. The minimum Gasteiger partial charge on any atom is -0.482 e. The lowest BCUT2D eigenvalue weighted by atomic mass is 10.1. The van der Waals surface area contributed by atoms with Crippen molar-refractivity contribution >= 4 is 49.7 Å². The van der Waals surface area contributed by atoms with Crippen LogP contribution in [0.4, 0.5) is 21.5 Å². The fourth-order valence-electron chi connectivity index (χ4n) is 3.63. The molecule has 4 rings (SSSR count). The molecule has 1 amide bonds. The topological polar surface area (TPSA) is 145 Å². The van der Waals surface area contributed by atoms with Crippen LogP contribution in [-0.4, -0.2) is 45.5 Å². The van der Waals surface area contributed by atoms with Crippen LogP contribution in [-0.2, 0) is 24.3 Å². The summed E-state index contributed by atoms with van der Waals surface area (Å²) in [7, 11) is -2.42. The van der Waals surface area contributed by atoms with Crippen molar-refractivity contribution in [2.75, 3.05) is 29.9 Å². The van der Waals surface area contributed by atoms with E-state index in [0.29, 0.717) is 5.69 Å². The zero-order valence-electron chi connectivity index (χ0n) is 20.9. The maximum absolute atomic E-state index is 13.4. The van der Waals surface area contributed by atoms with Gasteiger partial charge in [0, 0.05) is 18.8 Å². The highest BCUT2D eigenvalue weighted by Gasteiger charge is 2.22. The molecule has 0 atom stereocenters. The Balaban J connectivity index is 1.29. The molecule has 0 radical (unpaired) electrons. The van der Waals surface area contributed by atoms with Gasteiger partial charge in [-0.15, -0.1) is 0 Å². The fraction of sp³-hybridized carbons (Fsp3) is 0.111. The smallest absolute Gasteiger partial charge is 0.344 e. The van der Waals surface area contributed by atoms with Gasteiger partial charge in [0.25, 0.3) is 15.9 Å². The van der Waals surface area contributed by atoms with E-state index in [-0.39, 0.29) is 16.3 Å². The number of fused-ring (bicyclic) bond motifs is 1. The Labute approximate surface area is 227 Å².